The van der Waals surface area contributed by atoms with Crippen molar-refractivity contribution >= 4 is 34.0 Å². The fourth-order valence-electron chi connectivity index (χ4n) is 3.48. The molecule has 1 aliphatic heterocycles. The molecule has 1 aromatic heterocycles. The zero-order valence-corrected chi connectivity index (χ0v) is 17.0. The summed E-state index contributed by atoms with van der Waals surface area (Å²) in [5.41, 5.74) is 0.816. The summed E-state index contributed by atoms with van der Waals surface area (Å²) in [6, 6.07) is 8.37. The quantitative estimate of drug-likeness (QED) is 0.607. The SMILES string of the molecule is COc1cc2ncnc(Nc3cccc(Cl)c3F)c2cc1OC[C@@]1(C)CCCN1. The molecule has 2 heterocycles. The molecule has 8 heteroatoms. The number of methoxy groups -OCH3 is 1. The lowest BCUT2D eigenvalue weighted by Gasteiger charge is -2.25. The topological polar surface area (TPSA) is 68.3 Å². The fraction of sp³-hybridized carbons (Fsp3) is 0.333. The second kappa shape index (κ2) is 8.00. The van der Waals surface area contributed by atoms with Gasteiger partial charge in [-0.1, -0.05) is 17.7 Å². The molecule has 6 nitrogen and oxygen atoms in total. The Hall–Kier alpha value is -2.64. The molecular formula is C21H22ClFN4O2. The van der Waals surface area contributed by atoms with Gasteiger partial charge in [0, 0.05) is 17.0 Å². The third kappa shape index (κ3) is 4.06. The van der Waals surface area contributed by atoms with Crippen LogP contribution in [-0.4, -0.2) is 35.8 Å². The highest BCUT2D eigenvalue weighted by Crippen LogP contribution is 2.36. The molecule has 29 heavy (non-hydrogen) atoms. The fourth-order valence-corrected chi connectivity index (χ4v) is 3.66. The first kappa shape index (κ1) is 19.7. The summed E-state index contributed by atoms with van der Waals surface area (Å²) in [6.45, 7) is 3.64. The molecule has 1 aliphatic rings. The molecule has 1 fully saturated rings. The number of anilines is 2. The van der Waals surface area contributed by atoms with Crippen molar-refractivity contribution in [2.45, 2.75) is 25.3 Å². The van der Waals surface area contributed by atoms with E-state index in [4.69, 9.17) is 21.1 Å². The minimum absolute atomic E-state index is 0.0383. The Morgan fingerprint density at radius 3 is 2.90 bits per heavy atom. The highest BCUT2D eigenvalue weighted by atomic mass is 35.5. The molecule has 0 aliphatic carbocycles. The number of nitrogens with one attached hydrogen (secondary N) is 2. The van der Waals surface area contributed by atoms with Crippen LogP contribution in [-0.2, 0) is 0 Å². The van der Waals surface area contributed by atoms with Crippen molar-refractivity contribution in [3.8, 4) is 11.5 Å². The average molecular weight is 417 g/mol. The second-order valence-electron chi connectivity index (χ2n) is 7.35. The minimum atomic E-state index is -0.536. The lowest BCUT2D eigenvalue weighted by atomic mass is 10.0. The van der Waals surface area contributed by atoms with Crippen molar-refractivity contribution in [1.29, 1.82) is 0 Å². The molecule has 0 saturated carbocycles. The summed E-state index contributed by atoms with van der Waals surface area (Å²) < 4.78 is 25.9. The van der Waals surface area contributed by atoms with Crippen molar-refractivity contribution < 1.29 is 13.9 Å². The van der Waals surface area contributed by atoms with Gasteiger partial charge >= 0.3 is 0 Å². The van der Waals surface area contributed by atoms with Crippen LogP contribution in [0.2, 0.25) is 5.02 Å². The Labute approximate surface area is 173 Å². The molecule has 0 bridgehead atoms. The first-order valence-electron chi connectivity index (χ1n) is 9.41. The number of hydrogen-bond acceptors (Lipinski definition) is 6. The van der Waals surface area contributed by atoms with E-state index < -0.39 is 5.82 Å². The Morgan fingerprint density at radius 1 is 1.28 bits per heavy atom. The summed E-state index contributed by atoms with van der Waals surface area (Å²) in [5, 5.41) is 7.21. The molecule has 2 N–H and O–H groups in total. The van der Waals surface area contributed by atoms with Crippen LogP contribution in [0.3, 0.4) is 0 Å². The number of rotatable bonds is 6. The van der Waals surface area contributed by atoms with Gasteiger partial charge in [0.2, 0.25) is 0 Å². The predicted octanol–water partition coefficient (Wildman–Crippen LogP) is 4.70. The molecule has 3 aromatic rings. The van der Waals surface area contributed by atoms with E-state index in [9.17, 15) is 4.39 Å². The number of halogens is 2. The van der Waals surface area contributed by atoms with Crippen LogP contribution in [0.1, 0.15) is 19.8 Å². The minimum Gasteiger partial charge on any atom is -0.493 e. The monoisotopic (exact) mass is 416 g/mol. The second-order valence-corrected chi connectivity index (χ2v) is 7.76. The van der Waals surface area contributed by atoms with E-state index in [-0.39, 0.29) is 16.2 Å². The van der Waals surface area contributed by atoms with E-state index in [1.165, 1.54) is 12.4 Å². The van der Waals surface area contributed by atoms with Gasteiger partial charge in [0.05, 0.1) is 23.3 Å². The van der Waals surface area contributed by atoms with E-state index in [2.05, 4.69) is 27.5 Å². The van der Waals surface area contributed by atoms with Gasteiger partial charge in [-0.05, 0) is 44.5 Å². The number of benzene rings is 2. The Bertz CT molecular complexity index is 1040. The van der Waals surface area contributed by atoms with Crippen LogP contribution < -0.4 is 20.1 Å². The van der Waals surface area contributed by atoms with E-state index in [0.717, 1.165) is 19.4 Å². The highest BCUT2D eigenvalue weighted by Gasteiger charge is 2.29. The van der Waals surface area contributed by atoms with Crippen molar-refractivity contribution in [2.75, 3.05) is 25.6 Å². The largest absolute Gasteiger partial charge is 0.493 e. The van der Waals surface area contributed by atoms with E-state index in [1.54, 1.807) is 25.3 Å². The molecule has 0 radical (unpaired) electrons. The zero-order valence-electron chi connectivity index (χ0n) is 16.3. The normalized spacial score (nSPS) is 18.8. The first-order chi connectivity index (χ1) is 14.0. The Balaban J connectivity index is 1.69. The van der Waals surface area contributed by atoms with Crippen LogP contribution in [0, 0.1) is 5.82 Å². The van der Waals surface area contributed by atoms with Gasteiger partial charge in [-0.25, -0.2) is 14.4 Å². The van der Waals surface area contributed by atoms with Crippen LogP contribution in [0.15, 0.2) is 36.7 Å². The van der Waals surface area contributed by atoms with Crippen molar-refractivity contribution in [3.63, 3.8) is 0 Å². The lowest BCUT2D eigenvalue weighted by Crippen LogP contribution is -2.42. The molecule has 1 atom stereocenters. The van der Waals surface area contributed by atoms with Crippen molar-refractivity contribution in [3.05, 3.63) is 47.5 Å². The zero-order chi connectivity index (χ0) is 20.4. The lowest BCUT2D eigenvalue weighted by molar-refractivity contribution is 0.206. The van der Waals surface area contributed by atoms with E-state index in [1.807, 2.05) is 6.07 Å². The maximum absolute atomic E-state index is 14.3. The van der Waals surface area contributed by atoms with Crippen LogP contribution in [0.4, 0.5) is 15.9 Å². The maximum atomic E-state index is 14.3. The van der Waals surface area contributed by atoms with Crippen LogP contribution >= 0.6 is 11.6 Å². The molecular weight excluding hydrogens is 395 g/mol. The first-order valence-corrected chi connectivity index (χ1v) is 9.78. The van der Waals surface area contributed by atoms with Gasteiger partial charge < -0.3 is 20.1 Å². The molecule has 152 valence electrons. The van der Waals surface area contributed by atoms with Crippen molar-refractivity contribution in [1.82, 2.24) is 15.3 Å². The molecule has 1 saturated heterocycles. The third-order valence-electron chi connectivity index (χ3n) is 5.13. The van der Waals surface area contributed by atoms with Gasteiger partial charge in [0.25, 0.3) is 0 Å². The smallest absolute Gasteiger partial charge is 0.165 e. The van der Waals surface area contributed by atoms with Gasteiger partial charge in [0.15, 0.2) is 17.3 Å². The van der Waals surface area contributed by atoms with E-state index >= 15 is 0 Å². The van der Waals surface area contributed by atoms with Crippen LogP contribution in [0.25, 0.3) is 10.9 Å². The summed E-state index contributed by atoms with van der Waals surface area (Å²) in [7, 11) is 1.59. The molecule has 2 aromatic carbocycles. The summed E-state index contributed by atoms with van der Waals surface area (Å²) in [4.78, 5) is 8.59. The molecule has 0 spiro atoms. The Kier molecular flexibility index (Phi) is 5.43. The maximum Gasteiger partial charge on any atom is 0.165 e. The summed E-state index contributed by atoms with van der Waals surface area (Å²) >= 11 is 5.89. The number of hydrogen-bond donors (Lipinski definition) is 2. The Morgan fingerprint density at radius 2 is 2.14 bits per heavy atom. The highest BCUT2D eigenvalue weighted by molar-refractivity contribution is 6.31. The summed E-state index contributed by atoms with van der Waals surface area (Å²) in [5.74, 6) is 1.08. The van der Waals surface area contributed by atoms with Gasteiger partial charge in [0.1, 0.15) is 18.8 Å². The molecule has 0 amide bonds. The third-order valence-corrected chi connectivity index (χ3v) is 5.42. The van der Waals surface area contributed by atoms with E-state index in [0.29, 0.717) is 34.8 Å². The number of ether oxygens (including phenoxy) is 2. The number of nitrogens with zero attached hydrogens (tertiary/aromatic N) is 2. The van der Waals surface area contributed by atoms with Gasteiger partial charge in [-0.2, -0.15) is 0 Å². The standard InChI is InChI=1S/C21H22ClFN4O2/c1-21(7-4-8-26-21)11-29-18-9-13-16(10-17(18)28-2)24-12-25-20(13)27-15-6-3-5-14(22)19(15)23/h3,5-6,9-10,12,26H,4,7-8,11H2,1-2H3,(H,24,25,27)/t21-/m1/s1. The van der Waals surface area contributed by atoms with Crippen molar-refractivity contribution in [2.24, 2.45) is 0 Å². The van der Waals surface area contributed by atoms with Gasteiger partial charge in [-0.15, -0.1) is 0 Å². The molecule has 4 rings (SSSR count). The number of fused-ring (bicyclic) bond motifs is 1. The van der Waals surface area contributed by atoms with Gasteiger partial charge in [-0.3, -0.25) is 0 Å². The van der Waals surface area contributed by atoms with Crippen LogP contribution in [0.5, 0.6) is 11.5 Å². The molecule has 0 unspecified atom stereocenters. The average Bonchev–Trinajstić information content (AvgIpc) is 3.16. The summed E-state index contributed by atoms with van der Waals surface area (Å²) in [6.07, 6.45) is 3.59. The number of aromatic nitrogens is 2. The predicted molar refractivity (Wildman–Crippen MR) is 112 cm³/mol.